The summed E-state index contributed by atoms with van der Waals surface area (Å²) in [7, 11) is 2.73. The Morgan fingerprint density at radius 2 is 1.60 bits per heavy atom. The van der Waals surface area contributed by atoms with E-state index in [4.69, 9.17) is 18.6 Å². The zero-order chi connectivity index (χ0) is 15.3. The van der Waals surface area contributed by atoms with E-state index in [-0.39, 0.29) is 12.4 Å². The molecule has 0 amide bonds. The summed E-state index contributed by atoms with van der Waals surface area (Å²) in [4.78, 5) is 11.9. The van der Waals surface area contributed by atoms with Gasteiger partial charge in [0, 0.05) is 5.56 Å². The molecule has 0 aromatic heterocycles. The van der Waals surface area contributed by atoms with E-state index in [1.54, 1.807) is 19.2 Å². The normalized spacial score (nSPS) is 10.9. The van der Waals surface area contributed by atoms with Gasteiger partial charge < -0.3 is 18.6 Å². The second kappa shape index (κ2) is 6.65. The van der Waals surface area contributed by atoms with E-state index < -0.39 is 8.32 Å². The van der Waals surface area contributed by atoms with Gasteiger partial charge in [-0.15, -0.1) is 0 Å². The number of hydrogen-bond acceptors (Lipinski definition) is 5. The van der Waals surface area contributed by atoms with Crippen LogP contribution in [0.25, 0.3) is 0 Å². The van der Waals surface area contributed by atoms with Gasteiger partial charge in [-0.2, -0.15) is 0 Å². The Hall–Kier alpha value is -1.69. The summed E-state index contributed by atoms with van der Waals surface area (Å²) in [6, 6.07) is 3.53. The maximum atomic E-state index is 11.9. The van der Waals surface area contributed by atoms with E-state index in [9.17, 15) is 4.79 Å². The molecule has 0 aliphatic heterocycles. The van der Waals surface area contributed by atoms with Crippen LogP contribution in [0, 0.1) is 0 Å². The molecule has 0 atom stereocenters. The zero-order valence-corrected chi connectivity index (χ0v) is 13.9. The molecular formula is C14H22O5Si. The number of rotatable bonds is 6. The Kier molecular flexibility index (Phi) is 5.44. The van der Waals surface area contributed by atoms with Crippen LogP contribution in [-0.4, -0.2) is 35.6 Å². The molecule has 0 aliphatic carbocycles. The Morgan fingerprint density at radius 3 is 2.05 bits per heavy atom. The van der Waals surface area contributed by atoms with Crippen LogP contribution < -0.4 is 14.2 Å². The molecule has 0 aliphatic rings. The van der Waals surface area contributed by atoms with Crippen molar-refractivity contribution in [3.8, 4) is 17.2 Å². The van der Waals surface area contributed by atoms with Crippen molar-refractivity contribution in [3.63, 3.8) is 0 Å². The Bertz CT molecular complexity index is 479. The van der Waals surface area contributed by atoms with Crippen LogP contribution in [0.4, 0.5) is 0 Å². The zero-order valence-electron chi connectivity index (χ0n) is 12.9. The number of carbonyl (C=O) groups excluding carboxylic acids is 1. The molecule has 0 fully saturated rings. The number of hydrogen-bond donors (Lipinski definition) is 0. The average molecular weight is 298 g/mol. The highest BCUT2D eigenvalue weighted by atomic mass is 28.4. The molecule has 0 unspecified atom stereocenters. The van der Waals surface area contributed by atoms with Crippen molar-refractivity contribution < 1.29 is 23.4 Å². The molecule has 0 heterocycles. The lowest BCUT2D eigenvalue weighted by atomic mass is 10.1. The third-order valence-corrected chi connectivity index (χ3v) is 3.38. The highest BCUT2D eigenvalue weighted by molar-refractivity contribution is 6.71. The molecule has 20 heavy (non-hydrogen) atoms. The molecule has 0 saturated carbocycles. The maximum absolute atomic E-state index is 11.9. The predicted octanol–water partition coefficient (Wildman–Crippen LogP) is 2.63. The first kappa shape index (κ1) is 16.4. The van der Waals surface area contributed by atoms with E-state index in [2.05, 4.69) is 0 Å². The summed E-state index contributed by atoms with van der Waals surface area (Å²) >= 11 is 0. The van der Waals surface area contributed by atoms with Gasteiger partial charge in [-0.25, -0.2) is 0 Å². The van der Waals surface area contributed by atoms with Crippen LogP contribution in [0.3, 0.4) is 0 Å². The summed E-state index contributed by atoms with van der Waals surface area (Å²) in [5.41, 5.74) is 0.716. The smallest absolute Gasteiger partial charge is 0.297 e. The molecule has 0 radical (unpaired) electrons. The number of benzene rings is 1. The molecule has 1 aromatic carbocycles. The molecule has 1 aromatic rings. The molecule has 0 bridgehead atoms. The fraction of sp³-hybridized carbons (Fsp3) is 0.500. The van der Waals surface area contributed by atoms with Crippen molar-refractivity contribution in [2.24, 2.45) is 0 Å². The standard InChI is InChI=1S/C14H22O5Si/c1-16-11-8-7-10(13(17-2)14(11)18-3)9-12(15)19-20(4,5)6/h7-8H,9H2,1-6H3. The van der Waals surface area contributed by atoms with Gasteiger partial charge in [-0.3, -0.25) is 4.79 Å². The molecule has 6 heteroatoms. The van der Waals surface area contributed by atoms with Crippen molar-refractivity contribution >= 4 is 14.3 Å². The first-order chi connectivity index (χ1) is 9.32. The first-order valence-electron chi connectivity index (χ1n) is 6.32. The van der Waals surface area contributed by atoms with E-state index >= 15 is 0 Å². The second-order valence-electron chi connectivity index (χ2n) is 5.26. The SMILES string of the molecule is COc1ccc(CC(=O)O[Si](C)(C)C)c(OC)c1OC. The third kappa shape index (κ3) is 4.16. The lowest BCUT2D eigenvalue weighted by Crippen LogP contribution is -2.30. The largest absolute Gasteiger partial charge is 0.520 e. The fourth-order valence-electron chi connectivity index (χ4n) is 1.84. The summed E-state index contributed by atoms with van der Waals surface area (Å²) in [6.07, 6.45) is 0.147. The quantitative estimate of drug-likeness (QED) is 0.756. The van der Waals surface area contributed by atoms with Crippen molar-refractivity contribution in [3.05, 3.63) is 17.7 Å². The summed E-state index contributed by atoms with van der Waals surface area (Å²) in [5, 5.41) is 0. The Balaban J connectivity index is 3.04. The van der Waals surface area contributed by atoms with Crippen LogP contribution in [0.1, 0.15) is 5.56 Å². The molecule has 5 nitrogen and oxygen atoms in total. The number of methoxy groups -OCH3 is 3. The van der Waals surface area contributed by atoms with E-state index in [1.807, 2.05) is 19.6 Å². The van der Waals surface area contributed by atoms with Crippen LogP contribution >= 0.6 is 0 Å². The fourth-order valence-corrected chi connectivity index (χ4v) is 2.59. The van der Waals surface area contributed by atoms with Gasteiger partial charge >= 0.3 is 0 Å². The van der Waals surface area contributed by atoms with Gasteiger partial charge in [0.25, 0.3) is 5.97 Å². The summed E-state index contributed by atoms with van der Waals surface area (Å²) in [6.45, 7) is 5.91. The van der Waals surface area contributed by atoms with Gasteiger partial charge in [0.1, 0.15) is 0 Å². The Labute approximate surface area is 120 Å². The van der Waals surface area contributed by atoms with Crippen molar-refractivity contribution in [2.45, 2.75) is 26.1 Å². The minimum absolute atomic E-state index is 0.147. The molecule has 0 N–H and O–H groups in total. The van der Waals surface area contributed by atoms with E-state index in [0.29, 0.717) is 22.8 Å². The molecule has 0 spiro atoms. The number of ether oxygens (including phenoxy) is 3. The van der Waals surface area contributed by atoms with Crippen LogP contribution in [0.5, 0.6) is 17.2 Å². The molecule has 112 valence electrons. The summed E-state index contributed by atoms with van der Waals surface area (Å²) in [5.74, 6) is 1.29. The lowest BCUT2D eigenvalue weighted by molar-refractivity contribution is -0.134. The average Bonchev–Trinajstić information content (AvgIpc) is 2.35. The molecule has 1 rings (SSSR count). The van der Waals surface area contributed by atoms with Gasteiger partial charge in [0.2, 0.25) is 14.1 Å². The molecule has 0 saturated heterocycles. The third-order valence-electron chi connectivity index (χ3n) is 2.54. The lowest BCUT2D eigenvalue weighted by Gasteiger charge is -2.19. The van der Waals surface area contributed by atoms with E-state index in [1.165, 1.54) is 14.2 Å². The minimum Gasteiger partial charge on any atom is -0.520 e. The highest BCUT2D eigenvalue weighted by Gasteiger charge is 2.23. The van der Waals surface area contributed by atoms with Crippen molar-refractivity contribution in [1.82, 2.24) is 0 Å². The van der Waals surface area contributed by atoms with Crippen LogP contribution in [0.2, 0.25) is 19.6 Å². The predicted molar refractivity (Wildman–Crippen MR) is 79.2 cm³/mol. The highest BCUT2D eigenvalue weighted by Crippen LogP contribution is 2.39. The van der Waals surface area contributed by atoms with E-state index in [0.717, 1.165) is 0 Å². The number of carbonyl (C=O) groups is 1. The maximum Gasteiger partial charge on any atom is 0.297 e. The second-order valence-corrected chi connectivity index (χ2v) is 9.69. The summed E-state index contributed by atoms with van der Waals surface area (Å²) < 4.78 is 21.3. The Morgan fingerprint density at radius 1 is 1.00 bits per heavy atom. The first-order valence-corrected chi connectivity index (χ1v) is 9.73. The van der Waals surface area contributed by atoms with Crippen LogP contribution in [0.15, 0.2) is 12.1 Å². The van der Waals surface area contributed by atoms with Gasteiger partial charge in [0.15, 0.2) is 11.5 Å². The molecular weight excluding hydrogens is 276 g/mol. The minimum atomic E-state index is -1.89. The van der Waals surface area contributed by atoms with Gasteiger partial charge in [-0.1, -0.05) is 6.07 Å². The van der Waals surface area contributed by atoms with Gasteiger partial charge in [0.05, 0.1) is 27.8 Å². The van der Waals surface area contributed by atoms with Crippen LogP contribution in [-0.2, 0) is 15.6 Å². The van der Waals surface area contributed by atoms with Crippen molar-refractivity contribution in [2.75, 3.05) is 21.3 Å². The van der Waals surface area contributed by atoms with Crippen molar-refractivity contribution in [1.29, 1.82) is 0 Å². The monoisotopic (exact) mass is 298 g/mol. The topological polar surface area (TPSA) is 54.0 Å². The van der Waals surface area contributed by atoms with Gasteiger partial charge in [-0.05, 0) is 25.7 Å².